The van der Waals surface area contributed by atoms with Gasteiger partial charge in [-0.25, -0.2) is 4.79 Å². The lowest BCUT2D eigenvalue weighted by Gasteiger charge is -2.08. The fourth-order valence-corrected chi connectivity index (χ4v) is 0.763. The standard InChI is InChI=1S/C8H16N2O2/c1-4-10(3)8(12)5-6-9-7(2)11/h4-6H2,1-3H3,(H,9,11)/p+1. The minimum absolute atomic E-state index is 0.0862. The third-order valence-corrected chi connectivity index (χ3v) is 1.73. The van der Waals surface area contributed by atoms with Gasteiger partial charge < -0.3 is 5.32 Å². The van der Waals surface area contributed by atoms with Crippen LogP contribution in [0.3, 0.4) is 0 Å². The van der Waals surface area contributed by atoms with Crippen LogP contribution < -0.4 is 10.2 Å². The second kappa shape index (κ2) is 5.71. The van der Waals surface area contributed by atoms with E-state index in [2.05, 4.69) is 5.32 Å². The lowest BCUT2D eigenvalue weighted by molar-refractivity contribution is -0.796. The average molecular weight is 173 g/mol. The van der Waals surface area contributed by atoms with E-state index in [1.54, 1.807) is 0 Å². The van der Waals surface area contributed by atoms with Crippen molar-refractivity contribution in [3.63, 3.8) is 0 Å². The zero-order chi connectivity index (χ0) is 9.56. The molecule has 4 heteroatoms. The second-order valence-electron chi connectivity index (χ2n) is 2.79. The van der Waals surface area contributed by atoms with Crippen LogP contribution >= 0.6 is 0 Å². The Morgan fingerprint density at radius 1 is 1.42 bits per heavy atom. The minimum Gasteiger partial charge on any atom is -0.356 e. The Morgan fingerprint density at radius 3 is 2.42 bits per heavy atom. The van der Waals surface area contributed by atoms with E-state index in [1.165, 1.54) is 6.92 Å². The molecule has 0 fully saturated rings. The molecular formula is C8H17N2O2+. The summed E-state index contributed by atoms with van der Waals surface area (Å²) in [6, 6.07) is 0. The molecule has 0 radical (unpaired) electrons. The summed E-state index contributed by atoms with van der Waals surface area (Å²) in [4.78, 5) is 22.5. The van der Waals surface area contributed by atoms with Gasteiger partial charge in [-0.3, -0.25) is 9.69 Å². The van der Waals surface area contributed by atoms with E-state index in [4.69, 9.17) is 0 Å². The third-order valence-electron chi connectivity index (χ3n) is 1.73. The van der Waals surface area contributed by atoms with Crippen molar-refractivity contribution in [3.05, 3.63) is 0 Å². The molecule has 0 aromatic heterocycles. The molecule has 70 valence electrons. The largest absolute Gasteiger partial charge is 0.356 e. The first kappa shape index (κ1) is 11.1. The molecule has 1 atom stereocenters. The first-order chi connectivity index (χ1) is 5.57. The van der Waals surface area contributed by atoms with E-state index in [9.17, 15) is 9.59 Å². The van der Waals surface area contributed by atoms with Crippen LogP contribution in [0.2, 0.25) is 0 Å². The van der Waals surface area contributed by atoms with E-state index in [1.807, 2.05) is 14.0 Å². The van der Waals surface area contributed by atoms with Crippen molar-refractivity contribution in [2.75, 3.05) is 20.1 Å². The van der Waals surface area contributed by atoms with Crippen LogP contribution in [0, 0.1) is 0 Å². The number of hydrogen-bond donors (Lipinski definition) is 2. The van der Waals surface area contributed by atoms with Crippen molar-refractivity contribution in [2.24, 2.45) is 0 Å². The molecule has 0 heterocycles. The van der Waals surface area contributed by atoms with Crippen LogP contribution in [0.25, 0.3) is 0 Å². The molecule has 2 amide bonds. The van der Waals surface area contributed by atoms with Gasteiger partial charge in [0.2, 0.25) is 5.91 Å². The summed E-state index contributed by atoms with van der Waals surface area (Å²) in [5, 5.41) is 2.58. The summed E-state index contributed by atoms with van der Waals surface area (Å²) in [6.45, 7) is 4.64. The molecule has 1 unspecified atom stereocenters. The predicted molar refractivity (Wildman–Crippen MR) is 45.7 cm³/mol. The SMILES string of the molecule is CC[NH+](C)C(=O)CCNC(C)=O. The zero-order valence-electron chi connectivity index (χ0n) is 7.94. The summed E-state index contributed by atoms with van der Waals surface area (Å²) in [5.74, 6) is 0.0585. The van der Waals surface area contributed by atoms with Crippen LogP contribution in [0.4, 0.5) is 0 Å². The molecule has 0 bridgehead atoms. The maximum absolute atomic E-state index is 11.2. The predicted octanol–water partition coefficient (Wildman–Crippen LogP) is -1.43. The Kier molecular flexibility index (Phi) is 5.28. The minimum atomic E-state index is -0.0862. The lowest BCUT2D eigenvalue weighted by Crippen LogP contribution is -3.11. The lowest BCUT2D eigenvalue weighted by atomic mass is 10.3. The highest BCUT2D eigenvalue weighted by molar-refractivity contribution is 5.74. The molecule has 0 aromatic carbocycles. The molecule has 4 nitrogen and oxygen atoms in total. The summed E-state index contributed by atoms with van der Waals surface area (Å²) >= 11 is 0. The van der Waals surface area contributed by atoms with Gasteiger partial charge in [-0.15, -0.1) is 0 Å². The van der Waals surface area contributed by atoms with Crippen molar-refractivity contribution in [1.82, 2.24) is 5.32 Å². The van der Waals surface area contributed by atoms with Gasteiger partial charge in [0, 0.05) is 13.5 Å². The molecule has 0 aliphatic carbocycles. The van der Waals surface area contributed by atoms with Crippen LogP contribution in [-0.4, -0.2) is 32.0 Å². The smallest absolute Gasteiger partial charge is 0.313 e. The third kappa shape index (κ3) is 4.85. The van der Waals surface area contributed by atoms with Crippen molar-refractivity contribution >= 4 is 11.8 Å². The van der Waals surface area contributed by atoms with Gasteiger partial charge in [-0.1, -0.05) is 0 Å². The molecule has 12 heavy (non-hydrogen) atoms. The van der Waals surface area contributed by atoms with Gasteiger partial charge in [0.25, 0.3) is 0 Å². The zero-order valence-corrected chi connectivity index (χ0v) is 7.94. The highest BCUT2D eigenvalue weighted by Crippen LogP contribution is 1.72. The fourth-order valence-electron chi connectivity index (χ4n) is 0.763. The summed E-state index contributed by atoms with van der Waals surface area (Å²) in [7, 11) is 1.83. The van der Waals surface area contributed by atoms with Crippen LogP contribution in [0.1, 0.15) is 20.3 Å². The van der Waals surface area contributed by atoms with Crippen molar-refractivity contribution in [1.29, 1.82) is 0 Å². The van der Waals surface area contributed by atoms with Gasteiger partial charge in [-0.05, 0) is 6.92 Å². The molecular weight excluding hydrogens is 156 g/mol. The highest BCUT2D eigenvalue weighted by Gasteiger charge is 2.10. The quantitative estimate of drug-likeness (QED) is 0.548. The molecule has 0 aromatic rings. The fraction of sp³-hybridized carbons (Fsp3) is 0.750. The number of carbonyl (C=O) groups excluding carboxylic acids is 2. The Morgan fingerprint density at radius 2 is 2.00 bits per heavy atom. The Bertz CT molecular complexity index is 168. The van der Waals surface area contributed by atoms with Crippen LogP contribution in [-0.2, 0) is 9.59 Å². The molecule has 0 aliphatic heterocycles. The highest BCUT2D eigenvalue weighted by atomic mass is 16.2. The summed E-state index contributed by atoms with van der Waals surface area (Å²) < 4.78 is 0. The van der Waals surface area contributed by atoms with Gasteiger partial charge >= 0.3 is 5.91 Å². The molecule has 0 rings (SSSR count). The Balaban J connectivity index is 3.50. The number of nitrogens with one attached hydrogen (secondary N) is 2. The monoisotopic (exact) mass is 173 g/mol. The maximum atomic E-state index is 11.2. The average Bonchev–Trinajstić information content (AvgIpc) is 2.02. The van der Waals surface area contributed by atoms with Crippen molar-refractivity contribution < 1.29 is 14.5 Å². The van der Waals surface area contributed by atoms with Gasteiger partial charge in [0.05, 0.1) is 20.0 Å². The van der Waals surface area contributed by atoms with E-state index < -0.39 is 0 Å². The van der Waals surface area contributed by atoms with Gasteiger partial charge in [0.1, 0.15) is 0 Å². The Hall–Kier alpha value is -0.900. The molecule has 0 aliphatic rings. The maximum Gasteiger partial charge on any atom is 0.313 e. The Labute approximate surface area is 72.9 Å². The van der Waals surface area contributed by atoms with E-state index in [0.717, 1.165) is 11.4 Å². The molecule has 0 saturated heterocycles. The molecule has 2 N–H and O–H groups in total. The molecule has 0 spiro atoms. The van der Waals surface area contributed by atoms with Crippen molar-refractivity contribution in [3.8, 4) is 0 Å². The van der Waals surface area contributed by atoms with Crippen molar-refractivity contribution in [2.45, 2.75) is 20.3 Å². The molecule has 0 saturated carbocycles. The first-order valence-corrected chi connectivity index (χ1v) is 4.18. The normalized spacial score (nSPS) is 12.2. The number of rotatable bonds is 4. The van der Waals surface area contributed by atoms with Gasteiger partial charge in [0.15, 0.2) is 0 Å². The number of amides is 2. The summed E-state index contributed by atoms with van der Waals surface area (Å²) in [6.07, 6.45) is 0.416. The van der Waals surface area contributed by atoms with E-state index >= 15 is 0 Å². The summed E-state index contributed by atoms with van der Waals surface area (Å²) in [5.41, 5.74) is 0. The second-order valence-corrected chi connectivity index (χ2v) is 2.79. The number of hydrogen-bond acceptors (Lipinski definition) is 2. The first-order valence-electron chi connectivity index (χ1n) is 4.18. The van der Waals surface area contributed by atoms with E-state index in [0.29, 0.717) is 13.0 Å². The van der Waals surface area contributed by atoms with Crippen LogP contribution in [0.5, 0.6) is 0 Å². The topological polar surface area (TPSA) is 50.6 Å². The van der Waals surface area contributed by atoms with Gasteiger partial charge in [-0.2, -0.15) is 0 Å². The van der Waals surface area contributed by atoms with Crippen LogP contribution in [0.15, 0.2) is 0 Å². The number of carbonyl (C=O) groups is 2. The number of quaternary nitrogens is 1. The van der Waals surface area contributed by atoms with E-state index in [-0.39, 0.29) is 11.8 Å².